The first-order chi connectivity index (χ1) is 12.8. The molecule has 0 fully saturated rings. The van der Waals surface area contributed by atoms with E-state index >= 15 is 0 Å². The van der Waals surface area contributed by atoms with Crippen LogP contribution in [0, 0.1) is 13.8 Å². The third kappa shape index (κ3) is 5.46. The van der Waals surface area contributed by atoms with Crippen molar-refractivity contribution in [1.29, 1.82) is 0 Å². The number of aryl methyl sites for hydroxylation is 2. The highest BCUT2D eigenvalue weighted by Gasteiger charge is 2.15. The van der Waals surface area contributed by atoms with Gasteiger partial charge in [-0.1, -0.05) is 29.3 Å². The normalized spacial score (nSPS) is 10.1. The van der Waals surface area contributed by atoms with E-state index in [1.165, 1.54) is 19.2 Å². The molecule has 0 aliphatic heterocycles. The third-order valence-electron chi connectivity index (χ3n) is 3.66. The quantitative estimate of drug-likeness (QED) is 0.604. The Hall–Kier alpha value is -3.06. The van der Waals surface area contributed by atoms with Crippen molar-refractivity contribution in [3.63, 3.8) is 0 Å². The lowest BCUT2D eigenvalue weighted by Gasteiger charge is -2.11. The lowest BCUT2D eigenvalue weighted by Crippen LogP contribution is -2.43. The Balaban J connectivity index is 1.88. The van der Waals surface area contributed by atoms with Crippen molar-refractivity contribution in [3.05, 3.63) is 63.7 Å². The maximum absolute atomic E-state index is 12.1. The van der Waals surface area contributed by atoms with Gasteiger partial charge in [0.25, 0.3) is 11.8 Å². The zero-order valence-corrected chi connectivity index (χ0v) is 15.8. The van der Waals surface area contributed by atoms with Crippen molar-refractivity contribution in [1.82, 2.24) is 10.9 Å². The summed E-state index contributed by atoms with van der Waals surface area (Å²) in [5.41, 5.74) is 6.68. The van der Waals surface area contributed by atoms with Crippen LogP contribution in [0.1, 0.15) is 31.8 Å². The second-order valence-corrected chi connectivity index (χ2v) is 6.18. The molecular formula is C19H19ClN2O5. The predicted octanol–water partition coefficient (Wildman–Crippen LogP) is 2.58. The zero-order chi connectivity index (χ0) is 20.0. The van der Waals surface area contributed by atoms with Gasteiger partial charge < -0.3 is 9.47 Å². The summed E-state index contributed by atoms with van der Waals surface area (Å²) in [6.07, 6.45) is 0. The molecule has 2 aromatic rings. The van der Waals surface area contributed by atoms with E-state index in [0.29, 0.717) is 16.3 Å². The van der Waals surface area contributed by atoms with E-state index in [1.807, 2.05) is 13.0 Å². The fourth-order valence-electron chi connectivity index (χ4n) is 2.34. The largest absolute Gasteiger partial charge is 0.496 e. The molecule has 0 heterocycles. The average molecular weight is 391 g/mol. The predicted molar refractivity (Wildman–Crippen MR) is 99.8 cm³/mol. The monoisotopic (exact) mass is 390 g/mol. The Morgan fingerprint density at radius 1 is 1.00 bits per heavy atom. The van der Waals surface area contributed by atoms with Crippen LogP contribution in [0.15, 0.2) is 36.4 Å². The maximum Gasteiger partial charge on any atom is 0.338 e. The summed E-state index contributed by atoms with van der Waals surface area (Å²) in [6, 6.07) is 9.77. The van der Waals surface area contributed by atoms with Gasteiger partial charge in [-0.05, 0) is 43.7 Å². The van der Waals surface area contributed by atoms with E-state index < -0.39 is 24.4 Å². The number of methoxy groups -OCH3 is 1. The fraction of sp³-hybridized carbons (Fsp3) is 0.211. The van der Waals surface area contributed by atoms with E-state index in [2.05, 4.69) is 10.9 Å². The minimum absolute atomic E-state index is 0.151. The number of ether oxygens (including phenoxy) is 2. The molecule has 8 heteroatoms. The van der Waals surface area contributed by atoms with Gasteiger partial charge in [0, 0.05) is 5.02 Å². The van der Waals surface area contributed by atoms with Crippen LogP contribution in [0.25, 0.3) is 0 Å². The van der Waals surface area contributed by atoms with Crippen LogP contribution in [-0.4, -0.2) is 31.5 Å². The van der Waals surface area contributed by atoms with E-state index in [9.17, 15) is 14.4 Å². The highest BCUT2D eigenvalue weighted by Crippen LogP contribution is 2.22. The lowest BCUT2D eigenvalue weighted by atomic mass is 10.1. The van der Waals surface area contributed by atoms with Crippen LogP contribution in [0.3, 0.4) is 0 Å². The molecule has 0 aliphatic carbocycles. The number of rotatable bonds is 5. The van der Waals surface area contributed by atoms with Gasteiger partial charge in [-0.15, -0.1) is 0 Å². The van der Waals surface area contributed by atoms with Crippen LogP contribution in [-0.2, 0) is 9.53 Å². The average Bonchev–Trinajstić information content (AvgIpc) is 2.64. The van der Waals surface area contributed by atoms with Crippen molar-refractivity contribution in [3.8, 4) is 5.75 Å². The summed E-state index contributed by atoms with van der Waals surface area (Å²) in [7, 11) is 1.41. The topological polar surface area (TPSA) is 93.7 Å². The smallest absolute Gasteiger partial charge is 0.338 e. The van der Waals surface area contributed by atoms with Crippen molar-refractivity contribution in [2.45, 2.75) is 13.8 Å². The Kier molecular flexibility index (Phi) is 6.79. The van der Waals surface area contributed by atoms with Crippen LogP contribution in [0.4, 0.5) is 0 Å². The van der Waals surface area contributed by atoms with Gasteiger partial charge >= 0.3 is 5.97 Å². The number of nitrogens with one attached hydrogen (secondary N) is 2. The Morgan fingerprint density at radius 3 is 2.41 bits per heavy atom. The highest BCUT2D eigenvalue weighted by molar-refractivity contribution is 6.31. The fourth-order valence-corrected chi connectivity index (χ4v) is 2.51. The summed E-state index contributed by atoms with van der Waals surface area (Å²) >= 11 is 5.87. The molecule has 0 aromatic heterocycles. The Morgan fingerprint density at radius 2 is 1.74 bits per heavy atom. The van der Waals surface area contributed by atoms with Gasteiger partial charge in [-0.2, -0.15) is 0 Å². The molecule has 142 valence electrons. The molecule has 0 unspecified atom stereocenters. The van der Waals surface area contributed by atoms with Crippen LogP contribution in [0.2, 0.25) is 5.02 Å². The molecule has 7 nitrogen and oxygen atoms in total. The molecule has 2 aromatic carbocycles. The standard InChI is InChI=1S/C19H19ClN2O5/c1-11-4-6-14(12(2)8-11)19(25)27-10-17(23)21-22-18(24)15-9-13(20)5-7-16(15)26-3/h4-9H,10H2,1-3H3,(H,21,23)(H,22,24). The molecule has 2 rings (SSSR count). The number of carbonyl (C=O) groups excluding carboxylic acids is 3. The lowest BCUT2D eigenvalue weighted by molar-refractivity contribution is -0.125. The van der Waals surface area contributed by atoms with E-state index in [-0.39, 0.29) is 5.56 Å². The third-order valence-corrected chi connectivity index (χ3v) is 3.89. The number of esters is 1. The van der Waals surface area contributed by atoms with Crippen molar-refractivity contribution < 1.29 is 23.9 Å². The van der Waals surface area contributed by atoms with Crippen LogP contribution >= 0.6 is 11.6 Å². The number of amides is 2. The maximum atomic E-state index is 12.1. The molecular weight excluding hydrogens is 372 g/mol. The number of halogens is 1. The zero-order valence-electron chi connectivity index (χ0n) is 15.1. The number of carbonyl (C=O) groups is 3. The molecule has 0 saturated carbocycles. The molecule has 0 saturated heterocycles. The summed E-state index contributed by atoms with van der Waals surface area (Å²) in [5, 5.41) is 0.342. The minimum Gasteiger partial charge on any atom is -0.496 e. The van der Waals surface area contributed by atoms with E-state index in [1.54, 1.807) is 25.1 Å². The van der Waals surface area contributed by atoms with Crippen molar-refractivity contribution in [2.75, 3.05) is 13.7 Å². The van der Waals surface area contributed by atoms with E-state index in [4.69, 9.17) is 21.1 Å². The highest BCUT2D eigenvalue weighted by atomic mass is 35.5. The second-order valence-electron chi connectivity index (χ2n) is 5.74. The molecule has 0 atom stereocenters. The van der Waals surface area contributed by atoms with Gasteiger partial charge in [-0.3, -0.25) is 20.4 Å². The first kappa shape index (κ1) is 20.3. The number of hydrogen-bond donors (Lipinski definition) is 2. The minimum atomic E-state index is -0.692. The van der Waals surface area contributed by atoms with Gasteiger partial charge in [0.15, 0.2) is 6.61 Å². The van der Waals surface area contributed by atoms with Crippen molar-refractivity contribution in [2.24, 2.45) is 0 Å². The summed E-state index contributed by atoms with van der Waals surface area (Å²) < 4.78 is 10.0. The van der Waals surface area contributed by atoms with Gasteiger partial charge in [-0.25, -0.2) is 4.79 Å². The number of benzene rings is 2. The Labute approximate surface area is 161 Å². The van der Waals surface area contributed by atoms with E-state index in [0.717, 1.165) is 11.1 Å². The van der Waals surface area contributed by atoms with Crippen molar-refractivity contribution >= 4 is 29.4 Å². The molecule has 2 N–H and O–H groups in total. The number of hydrogen-bond acceptors (Lipinski definition) is 5. The Bertz CT molecular complexity index is 882. The molecule has 27 heavy (non-hydrogen) atoms. The molecule has 2 amide bonds. The number of hydrazine groups is 1. The molecule has 0 spiro atoms. The van der Waals surface area contributed by atoms with Crippen LogP contribution in [0.5, 0.6) is 5.75 Å². The molecule has 0 aliphatic rings. The SMILES string of the molecule is COc1ccc(Cl)cc1C(=O)NNC(=O)COC(=O)c1ccc(C)cc1C. The van der Waals surface area contributed by atoms with Gasteiger partial charge in [0.2, 0.25) is 0 Å². The van der Waals surface area contributed by atoms with Gasteiger partial charge in [0.05, 0.1) is 18.2 Å². The summed E-state index contributed by atoms with van der Waals surface area (Å²) in [6.45, 7) is 3.15. The van der Waals surface area contributed by atoms with Crippen LogP contribution < -0.4 is 15.6 Å². The second kappa shape index (κ2) is 9.05. The summed E-state index contributed by atoms with van der Waals surface area (Å²) in [4.78, 5) is 36.0. The molecule has 0 bridgehead atoms. The summed E-state index contributed by atoms with van der Waals surface area (Å²) in [5.74, 6) is -1.64. The molecule has 0 radical (unpaired) electrons. The first-order valence-corrected chi connectivity index (χ1v) is 8.36. The first-order valence-electron chi connectivity index (χ1n) is 7.99. The van der Waals surface area contributed by atoms with Gasteiger partial charge in [0.1, 0.15) is 5.75 Å².